The summed E-state index contributed by atoms with van der Waals surface area (Å²) in [5, 5.41) is 14.8. The van der Waals surface area contributed by atoms with Gasteiger partial charge < -0.3 is 15.4 Å². The zero-order valence-corrected chi connectivity index (χ0v) is 16.8. The van der Waals surface area contributed by atoms with Gasteiger partial charge in [-0.2, -0.15) is 23.5 Å². The van der Waals surface area contributed by atoms with Crippen molar-refractivity contribution < 1.29 is 17.9 Å². The number of hydrogen-bond acceptors (Lipinski definition) is 6. The van der Waals surface area contributed by atoms with Crippen LogP contribution in [0.1, 0.15) is 11.5 Å². The summed E-state index contributed by atoms with van der Waals surface area (Å²) < 4.78 is 47.8. The molecular weight excluding hydrogens is 407 g/mol. The first kappa shape index (κ1) is 20.6. The molecule has 0 fully saturated rings. The van der Waals surface area contributed by atoms with Crippen LogP contribution in [0.2, 0.25) is 0 Å². The van der Waals surface area contributed by atoms with E-state index < -0.39 is 30.0 Å². The Kier molecular flexibility index (Phi) is 5.01. The van der Waals surface area contributed by atoms with Crippen molar-refractivity contribution in [1.82, 2.24) is 0 Å². The van der Waals surface area contributed by atoms with E-state index >= 15 is 0 Å². The van der Waals surface area contributed by atoms with Crippen molar-refractivity contribution >= 4 is 17.1 Å². The van der Waals surface area contributed by atoms with Crippen molar-refractivity contribution in [2.45, 2.75) is 18.3 Å². The maximum Gasteiger partial charge on any atom is 0.431 e. The smallest absolute Gasteiger partial charge is 0.431 e. The van der Waals surface area contributed by atoms with Crippen LogP contribution in [0.5, 0.6) is 0 Å². The Labute approximate surface area is 177 Å². The molecule has 3 atom stereocenters. The number of alkyl halides is 3. The van der Waals surface area contributed by atoms with Gasteiger partial charge in [-0.25, -0.2) is 5.01 Å². The van der Waals surface area contributed by atoms with Crippen LogP contribution in [0.25, 0.3) is 0 Å². The van der Waals surface area contributed by atoms with Gasteiger partial charge in [0, 0.05) is 25.7 Å². The lowest BCUT2D eigenvalue weighted by atomic mass is 9.76. The van der Waals surface area contributed by atoms with Crippen LogP contribution >= 0.6 is 0 Å². The van der Waals surface area contributed by atoms with Gasteiger partial charge in [-0.3, -0.25) is 0 Å². The molecule has 160 valence electrons. The number of hydrogen-bond donors (Lipinski definition) is 1. The van der Waals surface area contributed by atoms with E-state index in [4.69, 9.17) is 10.5 Å². The topological polar surface area (TPSA) is 77.9 Å². The highest BCUT2D eigenvalue weighted by molar-refractivity contribution is 5.96. The van der Waals surface area contributed by atoms with Crippen LogP contribution in [-0.2, 0) is 4.74 Å². The number of halogens is 3. The number of allylic oxidation sites excluding steroid dienone is 1. The lowest BCUT2D eigenvalue weighted by molar-refractivity contribution is -0.0658. The zero-order chi connectivity index (χ0) is 22.3. The lowest BCUT2D eigenvalue weighted by Crippen LogP contribution is -2.46. The van der Waals surface area contributed by atoms with E-state index in [-0.39, 0.29) is 11.5 Å². The van der Waals surface area contributed by atoms with Gasteiger partial charge in [0.25, 0.3) is 0 Å². The molecule has 9 heteroatoms. The first-order chi connectivity index (χ1) is 14.7. The van der Waals surface area contributed by atoms with Gasteiger partial charge in [0.15, 0.2) is 5.71 Å². The Morgan fingerprint density at radius 2 is 1.74 bits per heavy atom. The maximum absolute atomic E-state index is 14.1. The molecule has 4 rings (SSSR count). The number of fused-ring (bicyclic) bond motifs is 1. The number of nitrogens with two attached hydrogens (primary N) is 1. The van der Waals surface area contributed by atoms with E-state index in [9.17, 15) is 18.4 Å². The third-order valence-corrected chi connectivity index (χ3v) is 5.46. The molecule has 2 aromatic carbocycles. The van der Waals surface area contributed by atoms with Crippen molar-refractivity contribution in [2.75, 3.05) is 24.0 Å². The second-order valence-electron chi connectivity index (χ2n) is 7.55. The summed E-state index contributed by atoms with van der Waals surface area (Å²) >= 11 is 0. The van der Waals surface area contributed by atoms with E-state index in [1.54, 1.807) is 54.6 Å². The van der Waals surface area contributed by atoms with Crippen LogP contribution in [0.15, 0.2) is 71.2 Å². The molecule has 0 unspecified atom stereocenters. The first-order valence-electron chi connectivity index (χ1n) is 9.56. The van der Waals surface area contributed by atoms with Crippen LogP contribution in [-0.4, -0.2) is 32.2 Å². The largest absolute Gasteiger partial charge is 0.452 e. The molecule has 0 saturated carbocycles. The predicted molar refractivity (Wildman–Crippen MR) is 111 cm³/mol. The summed E-state index contributed by atoms with van der Waals surface area (Å²) in [6.07, 6.45) is -5.83. The van der Waals surface area contributed by atoms with Crippen LogP contribution in [0.3, 0.4) is 0 Å². The van der Waals surface area contributed by atoms with Crippen LogP contribution in [0.4, 0.5) is 24.5 Å². The third-order valence-electron chi connectivity index (χ3n) is 5.46. The number of para-hydroxylation sites is 1. The molecule has 0 bridgehead atoms. The zero-order valence-electron chi connectivity index (χ0n) is 16.8. The quantitative estimate of drug-likeness (QED) is 0.803. The summed E-state index contributed by atoms with van der Waals surface area (Å²) in [7, 11) is 3.72. The standard InChI is InChI=1S/C22H20F3N5O/c1-29(2)14-10-8-13(9-11-14)17-16(12-26)20(27)31-21-18(17)19(22(23,24)25)28-30(21)15-6-4-3-5-7-15/h3-11,17-18,21H,27H2,1-2H3/t17-,18+,21-/m1/s1. The first-order valence-corrected chi connectivity index (χ1v) is 9.56. The average molecular weight is 427 g/mol. The van der Waals surface area contributed by atoms with E-state index in [2.05, 4.69) is 5.10 Å². The number of ether oxygens (including phenoxy) is 1. The molecule has 0 amide bonds. The number of nitrogens with zero attached hydrogens (tertiary/aromatic N) is 4. The summed E-state index contributed by atoms with van der Waals surface area (Å²) in [5.41, 5.74) is 6.83. The fourth-order valence-electron chi connectivity index (χ4n) is 4.01. The van der Waals surface area contributed by atoms with E-state index in [1.165, 1.54) is 5.01 Å². The third kappa shape index (κ3) is 3.54. The van der Waals surface area contributed by atoms with Gasteiger partial charge in [-0.05, 0) is 29.8 Å². The molecule has 0 aliphatic carbocycles. The Morgan fingerprint density at radius 3 is 2.29 bits per heavy atom. The Morgan fingerprint density at radius 1 is 1.10 bits per heavy atom. The van der Waals surface area contributed by atoms with Gasteiger partial charge in [0.05, 0.1) is 17.2 Å². The molecular formula is C22H20F3N5O. The molecule has 2 aliphatic heterocycles. The number of benzene rings is 2. The van der Waals surface area contributed by atoms with E-state index in [0.29, 0.717) is 11.3 Å². The molecule has 0 aromatic heterocycles. The van der Waals surface area contributed by atoms with Gasteiger partial charge in [0.1, 0.15) is 6.07 Å². The predicted octanol–water partition coefficient (Wildman–Crippen LogP) is 3.94. The van der Waals surface area contributed by atoms with Crippen LogP contribution in [0, 0.1) is 17.2 Å². The molecule has 0 saturated heterocycles. The second kappa shape index (κ2) is 7.54. The van der Waals surface area contributed by atoms with Crippen molar-refractivity contribution in [3.8, 4) is 6.07 Å². The van der Waals surface area contributed by atoms with Crippen molar-refractivity contribution in [1.29, 1.82) is 5.26 Å². The normalized spacial score (nSPS) is 23.0. The molecule has 2 heterocycles. The van der Waals surface area contributed by atoms with Crippen LogP contribution < -0.4 is 15.6 Å². The highest BCUT2D eigenvalue weighted by Gasteiger charge is 2.57. The molecule has 0 spiro atoms. The van der Waals surface area contributed by atoms with Gasteiger partial charge >= 0.3 is 6.18 Å². The van der Waals surface area contributed by atoms with Gasteiger partial charge in [-0.1, -0.05) is 30.3 Å². The molecule has 2 aromatic rings. The fourth-order valence-corrected chi connectivity index (χ4v) is 4.01. The highest BCUT2D eigenvalue weighted by atomic mass is 19.4. The fraction of sp³-hybridized carbons (Fsp3) is 0.273. The number of rotatable bonds is 3. The second-order valence-corrected chi connectivity index (χ2v) is 7.55. The lowest BCUT2D eigenvalue weighted by Gasteiger charge is -2.37. The minimum atomic E-state index is -4.70. The molecule has 2 N–H and O–H groups in total. The Balaban J connectivity index is 1.87. The summed E-state index contributed by atoms with van der Waals surface area (Å²) in [6, 6.07) is 17.4. The SMILES string of the molecule is CN(C)c1ccc([C@@H]2C(C#N)=C(N)O[C@@H]3[C@@H]2C(C(F)(F)F)=NN3c2ccccc2)cc1. The molecule has 6 nitrogen and oxygen atoms in total. The molecule has 0 radical (unpaired) electrons. The van der Waals surface area contributed by atoms with Crippen molar-refractivity contribution in [3.63, 3.8) is 0 Å². The van der Waals surface area contributed by atoms with Crippen molar-refractivity contribution in [3.05, 3.63) is 71.6 Å². The minimum Gasteiger partial charge on any atom is -0.452 e. The number of nitriles is 1. The monoisotopic (exact) mass is 427 g/mol. The number of hydrazone groups is 1. The highest BCUT2D eigenvalue weighted by Crippen LogP contribution is 2.48. The van der Waals surface area contributed by atoms with E-state index in [1.807, 2.05) is 25.1 Å². The Hall–Kier alpha value is -3.67. The van der Waals surface area contributed by atoms with E-state index in [0.717, 1.165) is 5.69 Å². The summed E-state index contributed by atoms with van der Waals surface area (Å²) in [6.45, 7) is 0. The minimum absolute atomic E-state index is 0.0364. The van der Waals surface area contributed by atoms with Gasteiger partial charge in [-0.15, -0.1) is 0 Å². The maximum atomic E-state index is 14.1. The summed E-state index contributed by atoms with van der Waals surface area (Å²) in [5.74, 6) is -2.40. The van der Waals surface area contributed by atoms with Crippen molar-refractivity contribution in [2.24, 2.45) is 16.8 Å². The average Bonchev–Trinajstić information content (AvgIpc) is 3.13. The van der Waals surface area contributed by atoms with Gasteiger partial charge in [0.2, 0.25) is 12.1 Å². The Bertz CT molecular complexity index is 1070. The molecule has 2 aliphatic rings. The summed E-state index contributed by atoms with van der Waals surface area (Å²) in [4.78, 5) is 1.88. The molecule has 31 heavy (non-hydrogen) atoms. The number of anilines is 2.